The van der Waals surface area contributed by atoms with Gasteiger partial charge in [-0.05, 0) is 37.4 Å². The van der Waals surface area contributed by atoms with Crippen LogP contribution < -0.4 is 5.32 Å². The number of pyridine rings is 1. The third-order valence-electron chi connectivity index (χ3n) is 3.46. The van der Waals surface area contributed by atoms with E-state index in [2.05, 4.69) is 27.4 Å². The highest BCUT2D eigenvalue weighted by Gasteiger charge is 2.31. The molecular weight excluding hydrogens is 240 g/mol. The summed E-state index contributed by atoms with van der Waals surface area (Å²) in [4.78, 5) is 8.45. The highest BCUT2D eigenvalue weighted by molar-refractivity contribution is 5.52. The lowest BCUT2D eigenvalue weighted by atomic mass is 10.1. The van der Waals surface area contributed by atoms with Crippen molar-refractivity contribution in [1.29, 1.82) is 0 Å². The van der Waals surface area contributed by atoms with Gasteiger partial charge >= 0.3 is 0 Å². The van der Waals surface area contributed by atoms with Gasteiger partial charge in [0.1, 0.15) is 0 Å². The maximum absolute atomic E-state index is 5.35. The fourth-order valence-electron chi connectivity index (χ4n) is 2.31. The molecule has 1 unspecified atom stereocenters. The molecule has 0 saturated heterocycles. The molecule has 0 radical (unpaired) electrons. The predicted molar refractivity (Wildman–Crippen MR) is 71.4 cm³/mol. The van der Waals surface area contributed by atoms with Gasteiger partial charge in [0.2, 0.25) is 11.7 Å². The van der Waals surface area contributed by atoms with Gasteiger partial charge in [-0.15, -0.1) is 0 Å². The Morgan fingerprint density at radius 3 is 2.84 bits per heavy atom. The zero-order valence-corrected chi connectivity index (χ0v) is 11.0. The molecule has 1 atom stereocenters. The summed E-state index contributed by atoms with van der Waals surface area (Å²) < 4.78 is 5.35. The van der Waals surface area contributed by atoms with Crippen LogP contribution in [0.4, 0.5) is 0 Å². The fraction of sp³-hybridized carbons (Fsp3) is 0.500. The summed E-state index contributed by atoms with van der Waals surface area (Å²) in [6.07, 6.45) is 6.90. The first-order valence-electron chi connectivity index (χ1n) is 6.83. The average molecular weight is 258 g/mol. The Labute approximate surface area is 112 Å². The maximum Gasteiger partial charge on any atom is 0.228 e. The van der Waals surface area contributed by atoms with E-state index in [-0.39, 0.29) is 0 Å². The quantitative estimate of drug-likeness (QED) is 0.859. The first-order valence-corrected chi connectivity index (χ1v) is 6.83. The molecular formula is C14H18N4O. The van der Waals surface area contributed by atoms with Crippen molar-refractivity contribution in [1.82, 2.24) is 20.4 Å². The van der Waals surface area contributed by atoms with Crippen LogP contribution in [-0.4, -0.2) is 27.7 Å². The van der Waals surface area contributed by atoms with E-state index in [1.807, 2.05) is 12.1 Å². The normalized spacial score (nSPS) is 16.5. The van der Waals surface area contributed by atoms with Crippen molar-refractivity contribution in [2.45, 2.75) is 32.2 Å². The Hall–Kier alpha value is -1.75. The molecule has 1 fully saturated rings. The minimum atomic E-state index is 0.468. The van der Waals surface area contributed by atoms with Gasteiger partial charge in [-0.3, -0.25) is 4.98 Å². The summed E-state index contributed by atoms with van der Waals surface area (Å²) in [5.41, 5.74) is 0.941. The lowest BCUT2D eigenvalue weighted by molar-refractivity contribution is 0.348. The minimum absolute atomic E-state index is 0.468. The molecule has 0 amide bonds. The van der Waals surface area contributed by atoms with Gasteiger partial charge in [0.25, 0.3) is 0 Å². The molecule has 2 heterocycles. The topological polar surface area (TPSA) is 63.8 Å². The van der Waals surface area contributed by atoms with E-state index in [9.17, 15) is 0 Å². The van der Waals surface area contributed by atoms with Gasteiger partial charge in [0.15, 0.2) is 0 Å². The summed E-state index contributed by atoms with van der Waals surface area (Å²) in [5, 5.41) is 7.54. The van der Waals surface area contributed by atoms with E-state index in [0.29, 0.717) is 17.8 Å². The molecule has 0 aromatic carbocycles. The molecule has 0 spiro atoms. The van der Waals surface area contributed by atoms with Gasteiger partial charge < -0.3 is 9.84 Å². The predicted octanol–water partition coefficient (Wildman–Crippen LogP) is 2.06. The van der Waals surface area contributed by atoms with Crippen molar-refractivity contribution >= 4 is 0 Å². The number of hydrogen-bond donors (Lipinski definition) is 1. The highest BCUT2D eigenvalue weighted by atomic mass is 16.5. The van der Waals surface area contributed by atoms with Crippen LogP contribution in [0.15, 0.2) is 29.0 Å². The molecule has 1 N–H and O–H groups in total. The van der Waals surface area contributed by atoms with E-state index >= 15 is 0 Å². The Bertz CT molecular complexity index is 521. The molecule has 5 heteroatoms. The van der Waals surface area contributed by atoms with Gasteiger partial charge in [-0.1, -0.05) is 12.1 Å². The number of nitrogens with zero attached hydrogens (tertiary/aromatic N) is 3. The number of rotatable bonds is 6. The zero-order chi connectivity index (χ0) is 13.1. The van der Waals surface area contributed by atoms with Crippen LogP contribution in [0.3, 0.4) is 0 Å². The molecule has 0 aliphatic heterocycles. The van der Waals surface area contributed by atoms with Crippen LogP contribution in [0, 0.1) is 5.92 Å². The lowest BCUT2D eigenvalue weighted by Crippen LogP contribution is -2.33. The Kier molecular flexibility index (Phi) is 3.55. The first-order chi connectivity index (χ1) is 9.36. The smallest absolute Gasteiger partial charge is 0.228 e. The first kappa shape index (κ1) is 12.3. The van der Waals surface area contributed by atoms with Crippen molar-refractivity contribution in [2.75, 3.05) is 6.54 Å². The Morgan fingerprint density at radius 2 is 2.16 bits per heavy atom. The zero-order valence-electron chi connectivity index (χ0n) is 11.0. The summed E-state index contributed by atoms with van der Waals surface area (Å²) in [7, 11) is 0. The SMILES string of the molecule is CCNC(Cc1nc(-c2ccncc2)no1)C1CC1. The van der Waals surface area contributed by atoms with Gasteiger partial charge in [-0.25, -0.2) is 0 Å². The van der Waals surface area contributed by atoms with Gasteiger partial charge in [-0.2, -0.15) is 4.98 Å². The van der Waals surface area contributed by atoms with Crippen molar-refractivity contribution in [2.24, 2.45) is 5.92 Å². The maximum atomic E-state index is 5.35. The fourth-order valence-corrected chi connectivity index (χ4v) is 2.31. The third-order valence-corrected chi connectivity index (χ3v) is 3.46. The molecule has 2 aromatic rings. The van der Waals surface area contributed by atoms with Gasteiger partial charge in [0, 0.05) is 30.4 Å². The molecule has 2 aromatic heterocycles. The Balaban J connectivity index is 1.70. The highest BCUT2D eigenvalue weighted by Crippen LogP contribution is 2.34. The second kappa shape index (κ2) is 5.48. The number of hydrogen-bond acceptors (Lipinski definition) is 5. The van der Waals surface area contributed by atoms with Crippen molar-refractivity contribution in [3.8, 4) is 11.4 Å². The monoisotopic (exact) mass is 258 g/mol. The molecule has 3 rings (SSSR count). The molecule has 100 valence electrons. The van der Waals surface area contributed by atoms with E-state index in [0.717, 1.165) is 24.4 Å². The molecule has 1 aliphatic carbocycles. The lowest BCUT2D eigenvalue weighted by Gasteiger charge is -2.14. The van der Waals surface area contributed by atoms with Crippen LogP contribution in [0.25, 0.3) is 11.4 Å². The van der Waals surface area contributed by atoms with Crippen molar-refractivity contribution < 1.29 is 4.52 Å². The second-order valence-corrected chi connectivity index (χ2v) is 4.95. The van der Waals surface area contributed by atoms with Crippen LogP contribution in [0.2, 0.25) is 0 Å². The standard InChI is InChI=1S/C14H18N4O/c1-2-16-12(10-3-4-10)9-13-17-14(18-19-13)11-5-7-15-8-6-11/h5-8,10,12,16H,2-4,9H2,1H3. The van der Waals surface area contributed by atoms with Crippen LogP contribution in [-0.2, 0) is 6.42 Å². The number of aromatic nitrogens is 3. The van der Waals surface area contributed by atoms with Crippen LogP contribution in [0.5, 0.6) is 0 Å². The Morgan fingerprint density at radius 1 is 1.37 bits per heavy atom. The van der Waals surface area contributed by atoms with Crippen molar-refractivity contribution in [3.63, 3.8) is 0 Å². The summed E-state index contributed by atoms with van der Waals surface area (Å²) in [5.74, 6) is 2.13. The summed E-state index contributed by atoms with van der Waals surface area (Å²) in [6.45, 7) is 3.11. The average Bonchev–Trinajstić information content (AvgIpc) is 3.19. The van der Waals surface area contributed by atoms with E-state index in [4.69, 9.17) is 4.52 Å². The molecule has 5 nitrogen and oxygen atoms in total. The molecule has 1 saturated carbocycles. The molecule has 1 aliphatic rings. The summed E-state index contributed by atoms with van der Waals surface area (Å²) >= 11 is 0. The van der Waals surface area contributed by atoms with E-state index < -0.39 is 0 Å². The van der Waals surface area contributed by atoms with Crippen molar-refractivity contribution in [3.05, 3.63) is 30.4 Å². The number of nitrogens with one attached hydrogen (secondary N) is 1. The van der Waals surface area contributed by atoms with E-state index in [1.165, 1.54) is 12.8 Å². The van der Waals surface area contributed by atoms with E-state index in [1.54, 1.807) is 12.4 Å². The summed E-state index contributed by atoms with van der Waals surface area (Å²) in [6, 6.07) is 4.24. The minimum Gasteiger partial charge on any atom is -0.339 e. The second-order valence-electron chi connectivity index (χ2n) is 4.95. The number of likely N-dealkylation sites (N-methyl/N-ethyl adjacent to an activating group) is 1. The van der Waals surface area contributed by atoms with Crippen LogP contribution in [0.1, 0.15) is 25.7 Å². The third kappa shape index (κ3) is 2.98. The van der Waals surface area contributed by atoms with Crippen LogP contribution >= 0.6 is 0 Å². The molecule has 0 bridgehead atoms. The largest absolute Gasteiger partial charge is 0.339 e. The van der Waals surface area contributed by atoms with Gasteiger partial charge in [0.05, 0.1) is 0 Å². The molecule has 19 heavy (non-hydrogen) atoms.